The van der Waals surface area contributed by atoms with Crippen LogP contribution in [0.15, 0.2) is 23.1 Å². The predicted molar refractivity (Wildman–Crippen MR) is 88.2 cm³/mol. The van der Waals surface area contributed by atoms with Crippen LogP contribution < -0.4 is 0 Å². The van der Waals surface area contributed by atoms with E-state index in [0.717, 1.165) is 0 Å². The highest BCUT2D eigenvalue weighted by molar-refractivity contribution is 6.05. The Bertz CT molecular complexity index is 689. The quantitative estimate of drug-likeness (QED) is 0.697. The van der Waals surface area contributed by atoms with Gasteiger partial charge in [0.25, 0.3) is 5.91 Å². The summed E-state index contributed by atoms with van der Waals surface area (Å²) in [4.78, 5) is 39.2. The maximum Gasteiger partial charge on any atom is 0.407 e. The Morgan fingerprint density at radius 2 is 2.00 bits per heavy atom. The summed E-state index contributed by atoms with van der Waals surface area (Å²) in [7, 11) is 0. The topological polar surface area (TPSA) is 117 Å². The number of piperidine rings is 1. The van der Waals surface area contributed by atoms with Crippen LogP contribution in [0.5, 0.6) is 0 Å². The molecule has 142 valence electrons. The Morgan fingerprint density at radius 1 is 1.31 bits per heavy atom. The summed E-state index contributed by atoms with van der Waals surface area (Å²) in [6.45, 7) is 2.97. The average Bonchev–Trinajstić information content (AvgIpc) is 2.87. The number of esters is 1. The molecule has 1 spiro atoms. The molecule has 0 atom stereocenters. The Labute approximate surface area is 150 Å². The van der Waals surface area contributed by atoms with Crippen LogP contribution in [0, 0.1) is 5.41 Å². The van der Waals surface area contributed by atoms with Crippen LogP contribution in [0.3, 0.4) is 0 Å². The van der Waals surface area contributed by atoms with Gasteiger partial charge in [-0.25, -0.2) is 9.59 Å². The normalized spacial score (nSPS) is 22.7. The van der Waals surface area contributed by atoms with E-state index in [2.05, 4.69) is 0 Å². The monoisotopic (exact) mass is 366 g/mol. The summed E-state index contributed by atoms with van der Waals surface area (Å²) in [6, 6.07) is 0. The van der Waals surface area contributed by atoms with E-state index < -0.39 is 29.1 Å². The molecule has 2 N–H and O–H groups in total. The molecule has 0 aromatic carbocycles. The number of fused-ring (bicyclic) bond motifs is 2. The maximum atomic E-state index is 12.6. The molecule has 0 aromatic heterocycles. The summed E-state index contributed by atoms with van der Waals surface area (Å²) < 4.78 is 10.5. The predicted octanol–water partition coefficient (Wildman–Crippen LogP) is 0.878. The van der Waals surface area contributed by atoms with E-state index in [0.29, 0.717) is 12.3 Å². The van der Waals surface area contributed by atoms with Gasteiger partial charge in [0.2, 0.25) is 0 Å². The number of hydrogen-bond donors (Lipinski definition) is 2. The third-order valence-electron chi connectivity index (χ3n) is 5.17. The van der Waals surface area contributed by atoms with Crippen molar-refractivity contribution >= 4 is 18.0 Å². The molecular formula is C17H22N2O7. The van der Waals surface area contributed by atoms with E-state index in [9.17, 15) is 24.6 Å². The van der Waals surface area contributed by atoms with Crippen molar-refractivity contribution in [2.24, 2.45) is 5.41 Å². The lowest BCUT2D eigenvalue weighted by Gasteiger charge is -2.48. The fourth-order valence-corrected chi connectivity index (χ4v) is 3.94. The molecule has 0 aromatic rings. The van der Waals surface area contributed by atoms with Crippen LogP contribution in [0.4, 0.5) is 4.79 Å². The lowest BCUT2D eigenvalue weighted by Crippen LogP contribution is -2.53. The Hall–Kier alpha value is -2.55. The van der Waals surface area contributed by atoms with Crippen LogP contribution in [-0.4, -0.2) is 77.4 Å². The van der Waals surface area contributed by atoms with E-state index in [-0.39, 0.29) is 51.3 Å². The number of aliphatic hydroxyl groups is 1. The second-order valence-corrected chi connectivity index (χ2v) is 6.42. The van der Waals surface area contributed by atoms with Gasteiger partial charge >= 0.3 is 12.1 Å². The smallest absolute Gasteiger partial charge is 0.407 e. The van der Waals surface area contributed by atoms with Crippen LogP contribution in [-0.2, 0) is 19.1 Å². The molecule has 0 aliphatic carbocycles. The van der Waals surface area contributed by atoms with Crippen LogP contribution >= 0.6 is 0 Å². The molecule has 1 fully saturated rings. The minimum absolute atomic E-state index is 0.0706. The van der Waals surface area contributed by atoms with Gasteiger partial charge in [0.05, 0.1) is 25.4 Å². The SMILES string of the molecule is CCOC(=O)C1=C(O)C(=O)N2CCOCC=C2C12CCN(C(=O)O)CC2. The molecule has 9 nitrogen and oxygen atoms in total. The van der Waals surface area contributed by atoms with Gasteiger partial charge in [0, 0.05) is 30.7 Å². The molecule has 26 heavy (non-hydrogen) atoms. The van der Waals surface area contributed by atoms with Crippen molar-refractivity contribution in [3.8, 4) is 0 Å². The first-order valence-corrected chi connectivity index (χ1v) is 8.61. The molecule has 0 bridgehead atoms. The second-order valence-electron chi connectivity index (χ2n) is 6.42. The van der Waals surface area contributed by atoms with E-state index in [1.165, 1.54) is 9.80 Å². The molecule has 9 heteroatoms. The number of aliphatic hydroxyl groups excluding tert-OH is 1. The number of carbonyl (C=O) groups excluding carboxylic acids is 2. The molecule has 3 aliphatic heterocycles. The second kappa shape index (κ2) is 6.99. The van der Waals surface area contributed by atoms with Crippen molar-refractivity contribution in [2.75, 3.05) is 39.5 Å². The lowest BCUT2D eigenvalue weighted by molar-refractivity contribution is -0.143. The first kappa shape index (κ1) is 18.2. The highest BCUT2D eigenvalue weighted by atomic mass is 16.5. The standard InChI is InChI=1S/C17H22N2O7/c1-2-26-15(22)12-13(20)14(21)19-8-10-25-9-3-11(19)17(12)4-6-18(7-5-17)16(23)24/h3,20H,2,4-10H2,1H3,(H,23,24). The summed E-state index contributed by atoms with van der Waals surface area (Å²) in [5.74, 6) is -2.02. The van der Waals surface area contributed by atoms with Crippen LogP contribution in [0.25, 0.3) is 0 Å². The first-order chi connectivity index (χ1) is 12.4. The van der Waals surface area contributed by atoms with E-state index in [1.807, 2.05) is 0 Å². The summed E-state index contributed by atoms with van der Waals surface area (Å²) in [6.07, 6.45) is 1.25. The summed E-state index contributed by atoms with van der Waals surface area (Å²) in [5, 5.41) is 19.8. The lowest BCUT2D eigenvalue weighted by atomic mass is 9.67. The molecule has 3 heterocycles. The van der Waals surface area contributed by atoms with Crippen molar-refractivity contribution in [3.05, 3.63) is 23.1 Å². The van der Waals surface area contributed by atoms with Crippen molar-refractivity contribution in [2.45, 2.75) is 19.8 Å². The fourth-order valence-electron chi connectivity index (χ4n) is 3.94. The summed E-state index contributed by atoms with van der Waals surface area (Å²) >= 11 is 0. The largest absolute Gasteiger partial charge is 0.503 e. The number of hydrogen-bond acceptors (Lipinski definition) is 6. The highest BCUT2D eigenvalue weighted by Gasteiger charge is 2.54. The first-order valence-electron chi connectivity index (χ1n) is 8.61. The van der Waals surface area contributed by atoms with Crippen LogP contribution in [0.2, 0.25) is 0 Å². The van der Waals surface area contributed by atoms with E-state index in [1.54, 1.807) is 13.0 Å². The molecule has 0 saturated carbocycles. The van der Waals surface area contributed by atoms with Crippen molar-refractivity contribution in [1.29, 1.82) is 0 Å². The van der Waals surface area contributed by atoms with Crippen molar-refractivity contribution in [3.63, 3.8) is 0 Å². The molecule has 1 saturated heterocycles. The number of allylic oxidation sites excluding steroid dienone is 1. The van der Waals surface area contributed by atoms with Gasteiger partial charge in [-0.2, -0.15) is 0 Å². The van der Waals surface area contributed by atoms with Crippen molar-refractivity contribution < 1.29 is 34.1 Å². The molecule has 0 radical (unpaired) electrons. The van der Waals surface area contributed by atoms with E-state index in [4.69, 9.17) is 9.47 Å². The zero-order valence-electron chi connectivity index (χ0n) is 14.6. The number of nitrogens with zero attached hydrogens (tertiary/aromatic N) is 2. The van der Waals surface area contributed by atoms with Gasteiger partial charge in [-0.3, -0.25) is 4.79 Å². The Kier molecular flexibility index (Phi) is 4.90. The van der Waals surface area contributed by atoms with Gasteiger partial charge in [0.15, 0.2) is 5.76 Å². The van der Waals surface area contributed by atoms with Gasteiger partial charge in [-0.1, -0.05) is 0 Å². The molecule has 2 amide bonds. The minimum atomic E-state index is -1.03. The van der Waals surface area contributed by atoms with Gasteiger partial charge in [-0.15, -0.1) is 0 Å². The van der Waals surface area contributed by atoms with Crippen LogP contribution in [0.1, 0.15) is 19.8 Å². The number of amides is 2. The number of carboxylic acid groups (broad SMARTS) is 1. The van der Waals surface area contributed by atoms with Crippen molar-refractivity contribution in [1.82, 2.24) is 9.80 Å². The number of carbonyl (C=O) groups is 3. The Morgan fingerprint density at radius 3 is 2.62 bits per heavy atom. The highest BCUT2D eigenvalue weighted by Crippen LogP contribution is 2.51. The minimum Gasteiger partial charge on any atom is -0.503 e. The van der Waals surface area contributed by atoms with Gasteiger partial charge in [-0.05, 0) is 25.8 Å². The van der Waals surface area contributed by atoms with Gasteiger partial charge < -0.3 is 29.5 Å². The number of rotatable bonds is 2. The molecule has 3 rings (SSSR count). The third-order valence-corrected chi connectivity index (χ3v) is 5.17. The average molecular weight is 366 g/mol. The summed E-state index contributed by atoms with van der Waals surface area (Å²) in [5.41, 5.74) is -0.450. The third kappa shape index (κ3) is 2.82. The van der Waals surface area contributed by atoms with Gasteiger partial charge in [0.1, 0.15) is 0 Å². The molecule has 0 unspecified atom stereocenters. The number of ether oxygens (including phenoxy) is 2. The van der Waals surface area contributed by atoms with E-state index >= 15 is 0 Å². The maximum absolute atomic E-state index is 12.6. The molecule has 3 aliphatic rings. The zero-order chi connectivity index (χ0) is 18.9. The molecular weight excluding hydrogens is 344 g/mol. The fraction of sp³-hybridized carbons (Fsp3) is 0.588. The Balaban J connectivity index is 2.11. The number of likely N-dealkylation sites (tertiary alicyclic amines) is 1. The zero-order valence-corrected chi connectivity index (χ0v) is 14.6.